The maximum Gasteiger partial charge on any atom is 0.167 e. The smallest absolute Gasteiger partial charge is 0.167 e. The molecule has 0 saturated carbocycles. The average molecular weight is 273 g/mol. The Morgan fingerprint density at radius 2 is 2.35 bits per heavy atom. The third-order valence-corrected chi connectivity index (χ3v) is 4.34. The van der Waals surface area contributed by atoms with Crippen LogP contribution < -0.4 is 5.73 Å². The summed E-state index contributed by atoms with van der Waals surface area (Å²) in [7, 11) is 0. The lowest BCUT2D eigenvalue weighted by molar-refractivity contribution is -0.0526. The van der Waals surface area contributed by atoms with Gasteiger partial charge in [0, 0.05) is 0 Å². The van der Waals surface area contributed by atoms with Gasteiger partial charge in [0.05, 0.1) is 11.9 Å². The summed E-state index contributed by atoms with van der Waals surface area (Å²) in [6.07, 6.45) is 6.80. The van der Waals surface area contributed by atoms with Crippen molar-refractivity contribution in [3.05, 3.63) is 25.3 Å². The number of nitrogens with two attached hydrogens (primary N) is 1. The Hall–Kier alpha value is -1.95. The fourth-order valence-corrected chi connectivity index (χ4v) is 3.00. The Balaban J connectivity index is 2.01. The Labute approximate surface area is 117 Å². The van der Waals surface area contributed by atoms with Gasteiger partial charge in [0.2, 0.25) is 0 Å². The number of hydrogen-bond donors (Lipinski definition) is 1. The van der Waals surface area contributed by atoms with Gasteiger partial charge in [0.15, 0.2) is 11.5 Å². The third kappa shape index (κ3) is 1.71. The van der Waals surface area contributed by atoms with Crippen LogP contribution in [0.25, 0.3) is 11.2 Å². The van der Waals surface area contributed by atoms with Crippen molar-refractivity contribution < 1.29 is 4.74 Å². The molecule has 1 aliphatic rings. The SMILES string of the molecule is C=CC1(CC)OC(n2cnc3c(N)ncnc32)CC1C. The highest BCUT2D eigenvalue weighted by Crippen LogP contribution is 2.44. The van der Waals surface area contributed by atoms with E-state index < -0.39 is 0 Å². The van der Waals surface area contributed by atoms with Crippen molar-refractivity contribution in [1.82, 2.24) is 19.5 Å². The zero-order valence-electron chi connectivity index (χ0n) is 11.8. The maximum atomic E-state index is 6.26. The van der Waals surface area contributed by atoms with E-state index >= 15 is 0 Å². The van der Waals surface area contributed by atoms with E-state index in [0.29, 0.717) is 22.9 Å². The number of anilines is 1. The Morgan fingerprint density at radius 1 is 1.55 bits per heavy atom. The second kappa shape index (κ2) is 4.56. The fraction of sp³-hybridized carbons (Fsp3) is 0.500. The van der Waals surface area contributed by atoms with Gasteiger partial charge in [-0.15, -0.1) is 6.58 Å². The summed E-state index contributed by atoms with van der Waals surface area (Å²) in [6, 6.07) is 0. The van der Waals surface area contributed by atoms with Gasteiger partial charge in [-0.25, -0.2) is 15.0 Å². The second-order valence-corrected chi connectivity index (χ2v) is 5.30. The summed E-state index contributed by atoms with van der Waals surface area (Å²) in [5.74, 6) is 0.789. The average Bonchev–Trinajstić information content (AvgIpc) is 3.01. The monoisotopic (exact) mass is 273 g/mol. The minimum absolute atomic E-state index is 0.0951. The molecule has 0 radical (unpaired) electrons. The first kappa shape index (κ1) is 13.1. The molecule has 106 valence electrons. The summed E-state index contributed by atoms with van der Waals surface area (Å²) in [5.41, 5.74) is 6.87. The van der Waals surface area contributed by atoms with E-state index in [-0.39, 0.29) is 11.8 Å². The van der Waals surface area contributed by atoms with Crippen LogP contribution in [0.2, 0.25) is 0 Å². The highest BCUT2D eigenvalue weighted by molar-refractivity contribution is 5.81. The molecule has 0 bridgehead atoms. The first-order chi connectivity index (χ1) is 9.61. The molecule has 6 heteroatoms. The van der Waals surface area contributed by atoms with Crippen LogP contribution in [0.1, 0.15) is 32.9 Å². The van der Waals surface area contributed by atoms with Crippen molar-refractivity contribution in [3.8, 4) is 0 Å². The Kier molecular flexibility index (Phi) is 2.97. The van der Waals surface area contributed by atoms with E-state index in [1.807, 2.05) is 10.6 Å². The lowest BCUT2D eigenvalue weighted by Gasteiger charge is -2.28. The number of ether oxygens (including phenoxy) is 1. The molecular formula is C14H19N5O. The summed E-state index contributed by atoms with van der Waals surface area (Å²) in [5, 5.41) is 0. The predicted octanol–water partition coefficient (Wildman–Crippen LogP) is 2.30. The van der Waals surface area contributed by atoms with Gasteiger partial charge in [-0.1, -0.05) is 19.9 Å². The molecule has 0 aliphatic carbocycles. The largest absolute Gasteiger partial charge is 0.382 e. The molecular weight excluding hydrogens is 254 g/mol. The molecule has 1 aliphatic heterocycles. The molecule has 1 saturated heterocycles. The van der Waals surface area contributed by atoms with Crippen LogP contribution in [-0.4, -0.2) is 25.1 Å². The van der Waals surface area contributed by atoms with Gasteiger partial charge in [-0.3, -0.25) is 4.57 Å². The second-order valence-electron chi connectivity index (χ2n) is 5.30. The van der Waals surface area contributed by atoms with Crippen molar-refractivity contribution in [3.63, 3.8) is 0 Å². The fourth-order valence-electron chi connectivity index (χ4n) is 3.00. The van der Waals surface area contributed by atoms with Gasteiger partial charge in [0.1, 0.15) is 18.1 Å². The predicted molar refractivity (Wildman–Crippen MR) is 76.9 cm³/mol. The van der Waals surface area contributed by atoms with Gasteiger partial charge >= 0.3 is 0 Å². The number of nitrogens with zero attached hydrogens (tertiary/aromatic N) is 4. The molecule has 6 nitrogen and oxygen atoms in total. The number of fused-ring (bicyclic) bond motifs is 1. The molecule has 3 unspecified atom stereocenters. The summed E-state index contributed by atoms with van der Waals surface area (Å²) < 4.78 is 8.19. The minimum atomic E-state index is -0.278. The van der Waals surface area contributed by atoms with Crippen LogP contribution in [0.3, 0.4) is 0 Å². The molecule has 0 aromatic carbocycles. The molecule has 20 heavy (non-hydrogen) atoms. The summed E-state index contributed by atoms with van der Waals surface area (Å²) >= 11 is 0. The number of imidazole rings is 1. The van der Waals surface area contributed by atoms with Crippen molar-refractivity contribution in [2.24, 2.45) is 5.92 Å². The van der Waals surface area contributed by atoms with E-state index in [1.165, 1.54) is 6.33 Å². The number of hydrogen-bond acceptors (Lipinski definition) is 5. The van der Waals surface area contributed by atoms with Crippen molar-refractivity contribution in [2.75, 3.05) is 5.73 Å². The maximum absolute atomic E-state index is 6.26. The van der Waals surface area contributed by atoms with Crippen molar-refractivity contribution in [2.45, 2.75) is 38.5 Å². The normalized spacial score (nSPS) is 29.9. The first-order valence-electron chi connectivity index (χ1n) is 6.85. The number of nitrogen functional groups attached to an aromatic ring is 1. The number of rotatable bonds is 3. The topological polar surface area (TPSA) is 78.9 Å². The van der Waals surface area contributed by atoms with Crippen LogP contribution in [-0.2, 0) is 4.74 Å². The standard InChI is InChI=1S/C14H19N5O/c1-4-14(5-2)9(3)6-10(20-14)19-8-18-11-12(15)16-7-17-13(11)19/h4,7-10H,1,5-6H2,2-3H3,(H2,15,16,17). The van der Waals surface area contributed by atoms with Gasteiger partial charge in [-0.2, -0.15) is 0 Å². The Bertz CT molecular complexity index is 652. The molecule has 0 spiro atoms. The molecule has 3 heterocycles. The van der Waals surface area contributed by atoms with Crippen LogP contribution in [0.15, 0.2) is 25.3 Å². The van der Waals surface area contributed by atoms with Crippen LogP contribution in [0.5, 0.6) is 0 Å². The molecule has 2 N–H and O–H groups in total. The van der Waals surface area contributed by atoms with E-state index in [1.54, 1.807) is 6.33 Å². The quantitative estimate of drug-likeness (QED) is 0.868. The highest BCUT2D eigenvalue weighted by atomic mass is 16.5. The lowest BCUT2D eigenvalue weighted by Crippen LogP contribution is -2.30. The van der Waals surface area contributed by atoms with E-state index in [4.69, 9.17) is 10.5 Å². The van der Waals surface area contributed by atoms with E-state index in [9.17, 15) is 0 Å². The van der Waals surface area contributed by atoms with Gasteiger partial charge in [0.25, 0.3) is 0 Å². The van der Waals surface area contributed by atoms with Crippen LogP contribution in [0, 0.1) is 5.92 Å². The molecule has 0 amide bonds. The third-order valence-electron chi connectivity index (χ3n) is 4.34. The van der Waals surface area contributed by atoms with Crippen LogP contribution >= 0.6 is 0 Å². The van der Waals surface area contributed by atoms with Gasteiger partial charge in [-0.05, 0) is 18.8 Å². The van der Waals surface area contributed by atoms with E-state index in [0.717, 1.165) is 12.8 Å². The summed E-state index contributed by atoms with van der Waals surface area (Å²) in [4.78, 5) is 12.5. The zero-order valence-corrected chi connectivity index (χ0v) is 11.8. The van der Waals surface area contributed by atoms with Gasteiger partial charge < -0.3 is 10.5 Å². The molecule has 2 aromatic heterocycles. The lowest BCUT2D eigenvalue weighted by atomic mass is 9.86. The molecule has 3 atom stereocenters. The van der Waals surface area contributed by atoms with Crippen molar-refractivity contribution >= 4 is 17.0 Å². The Morgan fingerprint density at radius 3 is 3.00 bits per heavy atom. The summed E-state index contributed by atoms with van der Waals surface area (Å²) in [6.45, 7) is 8.24. The van der Waals surface area contributed by atoms with Crippen molar-refractivity contribution in [1.29, 1.82) is 0 Å². The number of aromatic nitrogens is 4. The van der Waals surface area contributed by atoms with E-state index in [2.05, 4.69) is 35.4 Å². The minimum Gasteiger partial charge on any atom is -0.382 e. The highest BCUT2D eigenvalue weighted by Gasteiger charge is 2.43. The molecule has 1 fully saturated rings. The first-order valence-corrected chi connectivity index (χ1v) is 6.85. The van der Waals surface area contributed by atoms with Crippen LogP contribution in [0.4, 0.5) is 5.82 Å². The zero-order chi connectivity index (χ0) is 14.3. The molecule has 3 rings (SSSR count). The molecule has 2 aromatic rings.